The number of alkyl halides is 3. The summed E-state index contributed by atoms with van der Waals surface area (Å²) in [5, 5.41) is 0. The van der Waals surface area contributed by atoms with Crippen LogP contribution in [0.25, 0.3) is 17.2 Å². The van der Waals surface area contributed by atoms with Crippen molar-refractivity contribution in [1.82, 2.24) is 4.90 Å². The molecule has 0 atom stereocenters. The van der Waals surface area contributed by atoms with Gasteiger partial charge >= 0.3 is 6.18 Å². The Hall–Kier alpha value is -2.56. The summed E-state index contributed by atoms with van der Waals surface area (Å²) >= 11 is 0. The van der Waals surface area contributed by atoms with Crippen molar-refractivity contribution in [3.8, 4) is 11.1 Å². The first-order valence-corrected chi connectivity index (χ1v) is 6.95. The molecule has 2 rings (SSSR count). The lowest BCUT2D eigenvalue weighted by Crippen LogP contribution is -2.18. The SMILES string of the molecule is CN(C)C(=O)/C=C/c1ccccc1-c1ccc(C(F)(F)F)cc1. The van der Waals surface area contributed by atoms with E-state index in [1.54, 1.807) is 26.2 Å². The Morgan fingerprint density at radius 3 is 2.17 bits per heavy atom. The molecule has 0 fully saturated rings. The number of benzene rings is 2. The van der Waals surface area contributed by atoms with Crippen molar-refractivity contribution < 1.29 is 18.0 Å². The Morgan fingerprint density at radius 2 is 1.61 bits per heavy atom. The Labute approximate surface area is 132 Å². The van der Waals surface area contributed by atoms with E-state index in [-0.39, 0.29) is 5.91 Å². The molecule has 120 valence electrons. The van der Waals surface area contributed by atoms with E-state index in [0.717, 1.165) is 23.3 Å². The van der Waals surface area contributed by atoms with Crippen LogP contribution in [0, 0.1) is 0 Å². The van der Waals surface area contributed by atoms with Gasteiger partial charge in [0.15, 0.2) is 0 Å². The molecule has 0 saturated carbocycles. The van der Waals surface area contributed by atoms with Gasteiger partial charge in [-0.3, -0.25) is 4.79 Å². The zero-order chi connectivity index (χ0) is 17.0. The lowest BCUT2D eigenvalue weighted by atomic mass is 9.98. The van der Waals surface area contributed by atoms with Crippen molar-refractivity contribution in [1.29, 1.82) is 0 Å². The summed E-state index contributed by atoms with van der Waals surface area (Å²) in [6.45, 7) is 0. The fraction of sp³-hybridized carbons (Fsp3) is 0.167. The highest BCUT2D eigenvalue weighted by atomic mass is 19.4. The summed E-state index contributed by atoms with van der Waals surface area (Å²) in [7, 11) is 3.29. The van der Waals surface area contributed by atoms with Gasteiger partial charge in [-0.05, 0) is 34.9 Å². The van der Waals surface area contributed by atoms with Crippen LogP contribution in [0.15, 0.2) is 54.6 Å². The average Bonchev–Trinajstić information content (AvgIpc) is 2.52. The third kappa shape index (κ3) is 4.22. The summed E-state index contributed by atoms with van der Waals surface area (Å²) in [4.78, 5) is 13.1. The van der Waals surface area contributed by atoms with Crippen molar-refractivity contribution in [2.24, 2.45) is 0 Å². The molecule has 0 aliphatic carbocycles. The molecule has 0 bridgehead atoms. The molecule has 5 heteroatoms. The Bertz CT molecular complexity index is 716. The molecular formula is C18H16F3NO. The largest absolute Gasteiger partial charge is 0.416 e. The van der Waals surface area contributed by atoms with Gasteiger partial charge in [0.25, 0.3) is 0 Å². The molecule has 1 amide bonds. The second kappa shape index (κ2) is 6.69. The smallest absolute Gasteiger partial charge is 0.345 e. The first-order chi connectivity index (χ1) is 10.8. The second-order valence-corrected chi connectivity index (χ2v) is 5.23. The van der Waals surface area contributed by atoms with Crippen LogP contribution in [-0.4, -0.2) is 24.9 Å². The van der Waals surface area contributed by atoms with Gasteiger partial charge in [-0.15, -0.1) is 0 Å². The van der Waals surface area contributed by atoms with Crippen LogP contribution in [0.3, 0.4) is 0 Å². The minimum atomic E-state index is -4.35. The number of halogens is 3. The van der Waals surface area contributed by atoms with Gasteiger partial charge in [-0.1, -0.05) is 36.4 Å². The molecule has 0 aliphatic rings. The third-order valence-electron chi connectivity index (χ3n) is 3.33. The predicted molar refractivity (Wildman–Crippen MR) is 84.6 cm³/mol. The molecule has 2 nitrogen and oxygen atoms in total. The van der Waals surface area contributed by atoms with E-state index in [1.165, 1.54) is 23.1 Å². The zero-order valence-electron chi connectivity index (χ0n) is 12.8. The van der Waals surface area contributed by atoms with Crippen LogP contribution in [0.5, 0.6) is 0 Å². The summed E-state index contributed by atoms with van der Waals surface area (Å²) in [5.74, 6) is -0.160. The van der Waals surface area contributed by atoms with Gasteiger partial charge < -0.3 is 4.90 Å². The standard InChI is InChI=1S/C18H16F3NO/c1-22(2)17(23)12-9-13-5-3-4-6-16(13)14-7-10-15(11-8-14)18(19,20)21/h3-12H,1-2H3/b12-9+. The number of nitrogens with zero attached hydrogens (tertiary/aromatic N) is 1. The van der Waals surface area contributed by atoms with Crippen LogP contribution in [0.2, 0.25) is 0 Å². The van der Waals surface area contributed by atoms with E-state index in [0.29, 0.717) is 5.56 Å². The predicted octanol–water partition coefficient (Wildman–Crippen LogP) is 4.47. The van der Waals surface area contributed by atoms with E-state index in [4.69, 9.17) is 0 Å². The number of amides is 1. The molecule has 2 aromatic carbocycles. The molecular weight excluding hydrogens is 303 g/mol. The third-order valence-corrected chi connectivity index (χ3v) is 3.33. The van der Waals surface area contributed by atoms with Crippen LogP contribution in [-0.2, 0) is 11.0 Å². The lowest BCUT2D eigenvalue weighted by Gasteiger charge is -2.10. The normalized spacial score (nSPS) is 11.7. The maximum Gasteiger partial charge on any atom is 0.416 e. The molecule has 2 aromatic rings. The van der Waals surface area contributed by atoms with Gasteiger partial charge in [0, 0.05) is 20.2 Å². The van der Waals surface area contributed by atoms with E-state index in [1.807, 2.05) is 18.2 Å². The van der Waals surface area contributed by atoms with Crippen LogP contribution >= 0.6 is 0 Å². The highest BCUT2D eigenvalue weighted by Gasteiger charge is 2.29. The Kier molecular flexibility index (Phi) is 4.89. The minimum Gasteiger partial charge on any atom is -0.345 e. The summed E-state index contributed by atoms with van der Waals surface area (Å²) in [6, 6.07) is 12.2. The maximum absolute atomic E-state index is 12.6. The van der Waals surface area contributed by atoms with Crippen molar-refractivity contribution in [2.75, 3.05) is 14.1 Å². The van der Waals surface area contributed by atoms with Gasteiger partial charge in [0.1, 0.15) is 0 Å². The van der Waals surface area contributed by atoms with Crippen LogP contribution < -0.4 is 0 Å². The van der Waals surface area contributed by atoms with Crippen molar-refractivity contribution in [2.45, 2.75) is 6.18 Å². The van der Waals surface area contributed by atoms with Crippen molar-refractivity contribution in [3.05, 3.63) is 65.7 Å². The molecule has 0 unspecified atom stereocenters. The lowest BCUT2D eigenvalue weighted by molar-refractivity contribution is -0.137. The molecule has 0 saturated heterocycles. The monoisotopic (exact) mass is 319 g/mol. The average molecular weight is 319 g/mol. The van der Waals surface area contributed by atoms with E-state index in [9.17, 15) is 18.0 Å². The first-order valence-electron chi connectivity index (χ1n) is 6.95. The van der Waals surface area contributed by atoms with Gasteiger partial charge in [0.2, 0.25) is 5.91 Å². The molecule has 0 aromatic heterocycles. The number of carbonyl (C=O) groups is 1. The van der Waals surface area contributed by atoms with Crippen molar-refractivity contribution >= 4 is 12.0 Å². The first kappa shape index (κ1) is 16.8. The summed E-state index contributed by atoms with van der Waals surface area (Å²) in [6.07, 6.45) is -1.26. The maximum atomic E-state index is 12.6. The number of hydrogen-bond acceptors (Lipinski definition) is 1. The minimum absolute atomic E-state index is 0.160. The number of carbonyl (C=O) groups excluding carboxylic acids is 1. The number of rotatable bonds is 3. The van der Waals surface area contributed by atoms with Gasteiger partial charge in [-0.2, -0.15) is 13.2 Å². The number of hydrogen-bond donors (Lipinski definition) is 0. The molecule has 0 N–H and O–H groups in total. The van der Waals surface area contributed by atoms with Gasteiger partial charge in [-0.25, -0.2) is 0 Å². The molecule has 0 radical (unpaired) electrons. The molecule has 0 spiro atoms. The van der Waals surface area contributed by atoms with E-state index < -0.39 is 11.7 Å². The van der Waals surface area contributed by atoms with E-state index in [2.05, 4.69) is 0 Å². The highest BCUT2D eigenvalue weighted by Crippen LogP contribution is 2.32. The van der Waals surface area contributed by atoms with E-state index >= 15 is 0 Å². The van der Waals surface area contributed by atoms with Crippen molar-refractivity contribution in [3.63, 3.8) is 0 Å². The molecule has 23 heavy (non-hydrogen) atoms. The summed E-state index contributed by atoms with van der Waals surface area (Å²) < 4.78 is 37.9. The second-order valence-electron chi connectivity index (χ2n) is 5.23. The number of likely N-dealkylation sites (N-methyl/N-ethyl adjacent to an activating group) is 1. The molecule has 0 heterocycles. The quantitative estimate of drug-likeness (QED) is 0.764. The van der Waals surface area contributed by atoms with Crippen LogP contribution in [0.1, 0.15) is 11.1 Å². The fourth-order valence-electron chi connectivity index (χ4n) is 2.05. The zero-order valence-corrected chi connectivity index (χ0v) is 12.8. The highest BCUT2D eigenvalue weighted by molar-refractivity contribution is 5.92. The molecule has 0 aliphatic heterocycles. The Morgan fingerprint density at radius 1 is 1.00 bits per heavy atom. The fourth-order valence-corrected chi connectivity index (χ4v) is 2.05. The van der Waals surface area contributed by atoms with Gasteiger partial charge in [0.05, 0.1) is 5.56 Å². The summed E-state index contributed by atoms with van der Waals surface area (Å²) in [5.41, 5.74) is 1.51. The van der Waals surface area contributed by atoms with Crippen LogP contribution in [0.4, 0.5) is 13.2 Å². The topological polar surface area (TPSA) is 20.3 Å². The Balaban J connectivity index is 2.35.